The number of hydrogen-bond donors (Lipinski definition) is 2. The van der Waals surface area contributed by atoms with Gasteiger partial charge in [-0.15, -0.1) is 12.6 Å². The second kappa shape index (κ2) is 4.53. The molecule has 0 heterocycles. The van der Waals surface area contributed by atoms with Crippen LogP contribution in [0.4, 0.5) is 0 Å². The van der Waals surface area contributed by atoms with Crippen LogP contribution in [0.3, 0.4) is 0 Å². The molecular weight excluding hydrogens is 202 g/mol. The fourth-order valence-electron chi connectivity index (χ4n) is 0.898. The summed E-state index contributed by atoms with van der Waals surface area (Å²) in [5, 5.41) is 17.1. The van der Waals surface area contributed by atoms with Crippen molar-refractivity contribution in [3.8, 4) is 11.8 Å². The summed E-state index contributed by atoms with van der Waals surface area (Å²) in [4.78, 5) is 10.7. The van der Waals surface area contributed by atoms with Gasteiger partial charge < -0.3 is 9.84 Å². The van der Waals surface area contributed by atoms with Crippen molar-refractivity contribution in [3.05, 3.63) is 23.8 Å². The molecule has 1 N–H and O–H groups in total. The smallest absolute Gasteiger partial charge is 0.341 e. The molecule has 0 saturated carbocycles. The van der Waals surface area contributed by atoms with Crippen molar-refractivity contribution < 1.29 is 14.6 Å². The Labute approximate surface area is 86.1 Å². The quantitative estimate of drug-likeness (QED) is 0.736. The molecule has 0 amide bonds. The maximum Gasteiger partial charge on any atom is 0.341 e. The Morgan fingerprint density at radius 1 is 1.64 bits per heavy atom. The first-order chi connectivity index (χ1) is 6.65. The molecule has 5 heteroatoms. The molecule has 14 heavy (non-hydrogen) atoms. The van der Waals surface area contributed by atoms with Crippen molar-refractivity contribution in [2.45, 2.75) is 4.90 Å². The second-order valence-electron chi connectivity index (χ2n) is 2.45. The molecule has 0 radical (unpaired) electrons. The topological polar surface area (TPSA) is 70.3 Å². The molecular formula is C9H7NO3S. The van der Waals surface area contributed by atoms with E-state index in [2.05, 4.69) is 12.6 Å². The van der Waals surface area contributed by atoms with Crippen LogP contribution in [0.5, 0.6) is 5.75 Å². The molecule has 0 aliphatic carbocycles. The van der Waals surface area contributed by atoms with E-state index in [9.17, 15) is 4.79 Å². The van der Waals surface area contributed by atoms with Gasteiger partial charge in [-0.3, -0.25) is 0 Å². The van der Waals surface area contributed by atoms with Crippen molar-refractivity contribution in [2.24, 2.45) is 0 Å². The van der Waals surface area contributed by atoms with Crippen LogP contribution in [-0.4, -0.2) is 17.7 Å². The molecule has 0 fully saturated rings. The van der Waals surface area contributed by atoms with E-state index in [4.69, 9.17) is 15.1 Å². The van der Waals surface area contributed by atoms with Crippen LogP contribution in [0.15, 0.2) is 23.1 Å². The molecule has 0 aliphatic rings. The van der Waals surface area contributed by atoms with Gasteiger partial charge in [-0.1, -0.05) is 6.07 Å². The van der Waals surface area contributed by atoms with Crippen molar-refractivity contribution in [1.29, 1.82) is 5.26 Å². The van der Waals surface area contributed by atoms with Gasteiger partial charge in [0.2, 0.25) is 0 Å². The lowest BCUT2D eigenvalue weighted by molar-refractivity contribution is -0.139. The Bertz CT molecular complexity index is 398. The highest BCUT2D eigenvalue weighted by atomic mass is 32.1. The average Bonchev–Trinajstić information content (AvgIpc) is 2.15. The van der Waals surface area contributed by atoms with Crippen LogP contribution in [-0.2, 0) is 4.79 Å². The zero-order valence-corrected chi connectivity index (χ0v) is 7.99. The number of carbonyl (C=O) groups is 1. The van der Waals surface area contributed by atoms with Crippen LogP contribution in [0.1, 0.15) is 5.56 Å². The van der Waals surface area contributed by atoms with Crippen LogP contribution in [0, 0.1) is 11.3 Å². The Balaban J connectivity index is 2.94. The number of thiol groups is 1. The fraction of sp³-hybridized carbons (Fsp3) is 0.111. The van der Waals surface area contributed by atoms with Gasteiger partial charge in [0, 0.05) is 4.90 Å². The van der Waals surface area contributed by atoms with Gasteiger partial charge >= 0.3 is 5.97 Å². The van der Waals surface area contributed by atoms with Crippen molar-refractivity contribution >= 4 is 18.6 Å². The molecule has 4 nitrogen and oxygen atoms in total. The Hall–Kier alpha value is -1.67. The average molecular weight is 209 g/mol. The van der Waals surface area contributed by atoms with Gasteiger partial charge in [0.05, 0.1) is 5.56 Å². The van der Waals surface area contributed by atoms with E-state index in [0.29, 0.717) is 4.90 Å². The first-order valence-corrected chi connectivity index (χ1v) is 4.16. The number of para-hydroxylation sites is 1. The predicted octanol–water partition coefficient (Wildman–Crippen LogP) is 1.31. The molecule has 72 valence electrons. The maximum atomic E-state index is 10.3. The third kappa shape index (κ3) is 2.41. The fourth-order valence-corrected chi connectivity index (χ4v) is 1.17. The molecule has 0 bridgehead atoms. The summed E-state index contributed by atoms with van der Waals surface area (Å²) in [6.07, 6.45) is 0. The molecule has 0 unspecified atom stereocenters. The Kier molecular flexibility index (Phi) is 3.37. The van der Waals surface area contributed by atoms with Gasteiger partial charge in [0.1, 0.15) is 6.07 Å². The predicted molar refractivity (Wildman–Crippen MR) is 51.5 cm³/mol. The first-order valence-electron chi connectivity index (χ1n) is 3.72. The van der Waals surface area contributed by atoms with Crippen LogP contribution in [0.25, 0.3) is 0 Å². The van der Waals surface area contributed by atoms with Crippen LogP contribution >= 0.6 is 12.6 Å². The lowest BCUT2D eigenvalue weighted by Crippen LogP contribution is -2.10. The summed E-state index contributed by atoms with van der Waals surface area (Å²) >= 11 is 4.05. The highest BCUT2D eigenvalue weighted by Crippen LogP contribution is 2.26. The van der Waals surface area contributed by atoms with E-state index < -0.39 is 12.6 Å². The van der Waals surface area contributed by atoms with Gasteiger partial charge in [-0.2, -0.15) is 5.26 Å². The summed E-state index contributed by atoms with van der Waals surface area (Å²) in [5.41, 5.74) is 0.277. The van der Waals surface area contributed by atoms with E-state index >= 15 is 0 Å². The highest BCUT2D eigenvalue weighted by molar-refractivity contribution is 7.80. The molecule has 0 saturated heterocycles. The molecule has 0 aliphatic heterocycles. The number of benzene rings is 1. The van der Waals surface area contributed by atoms with E-state index in [1.807, 2.05) is 6.07 Å². The van der Waals surface area contributed by atoms with E-state index in [1.54, 1.807) is 12.1 Å². The minimum Gasteiger partial charge on any atom is -0.479 e. The van der Waals surface area contributed by atoms with Gasteiger partial charge in [0.15, 0.2) is 12.4 Å². The molecule has 1 rings (SSSR count). The molecule has 0 atom stereocenters. The monoisotopic (exact) mass is 209 g/mol. The van der Waals surface area contributed by atoms with Crippen LogP contribution in [0.2, 0.25) is 0 Å². The Morgan fingerprint density at radius 2 is 2.36 bits per heavy atom. The highest BCUT2D eigenvalue weighted by Gasteiger charge is 2.08. The summed E-state index contributed by atoms with van der Waals surface area (Å²) in [7, 11) is 0. The summed E-state index contributed by atoms with van der Waals surface area (Å²) in [5.74, 6) is -0.883. The lowest BCUT2D eigenvalue weighted by atomic mass is 10.2. The summed E-state index contributed by atoms with van der Waals surface area (Å²) < 4.78 is 4.92. The number of carboxylic acids is 1. The minimum absolute atomic E-state index is 0.209. The maximum absolute atomic E-state index is 10.3. The van der Waals surface area contributed by atoms with E-state index in [1.165, 1.54) is 6.07 Å². The van der Waals surface area contributed by atoms with Crippen molar-refractivity contribution in [2.75, 3.05) is 6.61 Å². The van der Waals surface area contributed by atoms with E-state index in [-0.39, 0.29) is 11.3 Å². The SMILES string of the molecule is N#Cc1cccc(S)c1OCC(=O)O. The largest absolute Gasteiger partial charge is 0.479 e. The normalized spacial score (nSPS) is 9.14. The summed E-state index contributed by atoms with van der Waals surface area (Å²) in [6, 6.07) is 6.71. The van der Waals surface area contributed by atoms with E-state index in [0.717, 1.165) is 0 Å². The molecule has 1 aromatic rings. The number of rotatable bonds is 3. The lowest BCUT2D eigenvalue weighted by Gasteiger charge is -2.07. The zero-order chi connectivity index (χ0) is 10.6. The van der Waals surface area contributed by atoms with Gasteiger partial charge in [-0.25, -0.2) is 4.79 Å². The molecule has 0 aromatic heterocycles. The Morgan fingerprint density at radius 3 is 2.93 bits per heavy atom. The first kappa shape index (κ1) is 10.4. The van der Waals surface area contributed by atoms with Crippen LogP contribution < -0.4 is 4.74 Å². The second-order valence-corrected chi connectivity index (χ2v) is 2.93. The third-order valence-electron chi connectivity index (χ3n) is 1.45. The third-order valence-corrected chi connectivity index (χ3v) is 1.81. The number of ether oxygens (including phenoxy) is 1. The number of nitriles is 1. The number of aliphatic carboxylic acids is 1. The molecule has 1 aromatic carbocycles. The standard InChI is InChI=1S/C9H7NO3S/c10-4-6-2-1-3-7(14)9(6)13-5-8(11)12/h1-3,14H,5H2,(H,11,12). The minimum atomic E-state index is -1.09. The number of carboxylic acid groups (broad SMARTS) is 1. The van der Waals surface area contributed by atoms with Crippen molar-refractivity contribution in [1.82, 2.24) is 0 Å². The number of nitrogens with zero attached hydrogens (tertiary/aromatic N) is 1. The zero-order valence-electron chi connectivity index (χ0n) is 7.10. The van der Waals surface area contributed by atoms with Gasteiger partial charge in [0.25, 0.3) is 0 Å². The number of hydrogen-bond acceptors (Lipinski definition) is 4. The van der Waals surface area contributed by atoms with Gasteiger partial charge in [-0.05, 0) is 12.1 Å². The summed E-state index contributed by atoms with van der Waals surface area (Å²) in [6.45, 7) is -0.480. The van der Waals surface area contributed by atoms with Crippen molar-refractivity contribution in [3.63, 3.8) is 0 Å². The molecule has 0 spiro atoms.